The van der Waals surface area contributed by atoms with Gasteiger partial charge in [0.1, 0.15) is 11.9 Å². The van der Waals surface area contributed by atoms with E-state index in [9.17, 15) is 4.39 Å². The molecule has 0 fully saturated rings. The van der Waals surface area contributed by atoms with E-state index in [4.69, 9.17) is 10.4 Å². The van der Waals surface area contributed by atoms with E-state index in [-0.39, 0.29) is 12.2 Å². The molecule has 0 spiro atoms. The largest absolute Gasteiger partial charge is 0.392 e. The van der Waals surface area contributed by atoms with Crippen LogP contribution in [0.5, 0.6) is 0 Å². The number of aliphatic hydroxyl groups is 1. The third-order valence-electron chi connectivity index (χ3n) is 1.55. The molecule has 13 heavy (non-hydrogen) atoms. The van der Waals surface area contributed by atoms with Gasteiger partial charge in [-0.3, -0.25) is 0 Å². The van der Waals surface area contributed by atoms with Crippen LogP contribution < -0.4 is 0 Å². The van der Waals surface area contributed by atoms with E-state index in [1.165, 1.54) is 18.2 Å². The topological polar surface area (TPSA) is 44.0 Å². The van der Waals surface area contributed by atoms with Gasteiger partial charge in [-0.05, 0) is 6.07 Å². The molecule has 3 heteroatoms. The first-order chi connectivity index (χ1) is 6.29. The molecule has 0 saturated heterocycles. The third kappa shape index (κ3) is 2.14. The maximum absolute atomic E-state index is 13.2. The van der Waals surface area contributed by atoms with Crippen molar-refractivity contribution in [2.75, 3.05) is 6.61 Å². The van der Waals surface area contributed by atoms with Gasteiger partial charge >= 0.3 is 0 Å². The molecule has 2 nitrogen and oxygen atoms in total. The van der Waals surface area contributed by atoms with Crippen LogP contribution >= 0.6 is 0 Å². The molecule has 1 aromatic rings. The van der Waals surface area contributed by atoms with Gasteiger partial charge in [0.25, 0.3) is 0 Å². The first-order valence-electron chi connectivity index (χ1n) is 3.75. The molecule has 0 saturated carbocycles. The van der Waals surface area contributed by atoms with Crippen molar-refractivity contribution in [1.82, 2.24) is 0 Å². The third-order valence-corrected chi connectivity index (χ3v) is 1.55. The molecule has 1 aromatic carbocycles. The Bertz CT molecular complexity index is 366. The summed E-state index contributed by atoms with van der Waals surface area (Å²) < 4.78 is 13.2. The molecule has 1 rings (SSSR count). The van der Waals surface area contributed by atoms with Crippen molar-refractivity contribution in [3.05, 3.63) is 41.2 Å². The average Bonchev–Trinajstić information content (AvgIpc) is 2.16. The maximum atomic E-state index is 13.2. The molecule has 0 aliphatic carbocycles. The van der Waals surface area contributed by atoms with Crippen molar-refractivity contribution < 1.29 is 9.50 Å². The number of aliphatic hydroxyl groups excluding tert-OH is 1. The molecule has 1 N–H and O–H groups in total. The first kappa shape index (κ1) is 9.43. The Morgan fingerprint density at radius 3 is 2.92 bits per heavy atom. The summed E-state index contributed by atoms with van der Waals surface area (Å²) >= 11 is 0. The molecule has 66 valence electrons. The van der Waals surface area contributed by atoms with Crippen LogP contribution in [-0.4, -0.2) is 11.7 Å². The Hall–Kier alpha value is -1.66. The van der Waals surface area contributed by atoms with Crippen LogP contribution in [0, 0.1) is 17.1 Å². The predicted molar refractivity (Wildman–Crippen MR) is 47.2 cm³/mol. The summed E-state index contributed by atoms with van der Waals surface area (Å²) in [5, 5.41) is 17.0. The van der Waals surface area contributed by atoms with E-state index in [1.54, 1.807) is 18.2 Å². The monoisotopic (exact) mass is 177 g/mol. The normalized spacial score (nSPS) is 10.2. The van der Waals surface area contributed by atoms with E-state index in [0.29, 0.717) is 5.56 Å². The number of nitriles is 1. The van der Waals surface area contributed by atoms with Gasteiger partial charge in [0, 0.05) is 5.56 Å². The Kier molecular flexibility index (Phi) is 3.18. The number of hydrogen-bond donors (Lipinski definition) is 1. The molecule has 0 aliphatic rings. The molecule has 0 bridgehead atoms. The lowest BCUT2D eigenvalue weighted by molar-refractivity contribution is 0.343. The zero-order chi connectivity index (χ0) is 9.68. The molecule has 0 atom stereocenters. The van der Waals surface area contributed by atoms with Crippen molar-refractivity contribution in [2.24, 2.45) is 0 Å². The van der Waals surface area contributed by atoms with E-state index >= 15 is 0 Å². The zero-order valence-corrected chi connectivity index (χ0v) is 6.87. The highest BCUT2D eigenvalue weighted by Crippen LogP contribution is 2.13. The van der Waals surface area contributed by atoms with Gasteiger partial charge in [-0.15, -0.1) is 0 Å². The van der Waals surface area contributed by atoms with Crippen molar-refractivity contribution in [1.29, 1.82) is 5.26 Å². The minimum atomic E-state index is -0.547. The van der Waals surface area contributed by atoms with Crippen molar-refractivity contribution >= 4 is 6.08 Å². The Morgan fingerprint density at radius 1 is 1.54 bits per heavy atom. The van der Waals surface area contributed by atoms with Crippen molar-refractivity contribution in [3.63, 3.8) is 0 Å². The van der Waals surface area contributed by atoms with E-state index < -0.39 is 5.82 Å². The molecule has 0 aliphatic heterocycles. The van der Waals surface area contributed by atoms with Crippen LogP contribution in [0.3, 0.4) is 0 Å². The summed E-state index contributed by atoms with van der Waals surface area (Å²) in [5.74, 6) is -0.547. The first-order valence-corrected chi connectivity index (χ1v) is 3.75. The van der Waals surface area contributed by atoms with Gasteiger partial charge in [0.15, 0.2) is 0 Å². The molecular weight excluding hydrogens is 169 g/mol. The highest BCUT2D eigenvalue weighted by molar-refractivity contribution is 5.53. The van der Waals surface area contributed by atoms with Crippen molar-refractivity contribution in [2.45, 2.75) is 0 Å². The number of nitrogens with zero attached hydrogens (tertiary/aromatic N) is 1. The van der Waals surface area contributed by atoms with Crippen LogP contribution in [-0.2, 0) is 0 Å². The van der Waals surface area contributed by atoms with E-state index in [2.05, 4.69) is 0 Å². The maximum Gasteiger partial charge on any atom is 0.148 e. The standard InChI is InChI=1S/C10H8FNO/c11-10-8(5-2-6-13)3-1-4-9(10)7-12/h1-5,13H,6H2. The fourth-order valence-electron chi connectivity index (χ4n) is 0.945. The molecule has 0 amide bonds. The summed E-state index contributed by atoms with van der Waals surface area (Å²) in [6.07, 6.45) is 2.86. The molecule has 0 unspecified atom stereocenters. The lowest BCUT2D eigenvalue weighted by Crippen LogP contribution is -1.87. The Labute approximate surface area is 75.6 Å². The van der Waals surface area contributed by atoms with Gasteiger partial charge in [-0.25, -0.2) is 4.39 Å². The minimum absolute atomic E-state index is 0.0140. The van der Waals surface area contributed by atoms with Gasteiger partial charge in [0.05, 0.1) is 12.2 Å². The molecular formula is C10H8FNO. The Balaban J connectivity index is 3.10. The Morgan fingerprint density at radius 2 is 2.31 bits per heavy atom. The summed E-state index contributed by atoms with van der Waals surface area (Å²) in [4.78, 5) is 0. The number of halogens is 1. The summed E-state index contributed by atoms with van der Waals surface area (Å²) in [6, 6.07) is 6.29. The molecule has 0 aromatic heterocycles. The van der Waals surface area contributed by atoms with Crippen LogP contribution in [0.15, 0.2) is 24.3 Å². The number of benzene rings is 1. The highest BCUT2D eigenvalue weighted by atomic mass is 19.1. The lowest BCUT2D eigenvalue weighted by atomic mass is 10.1. The second-order valence-corrected chi connectivity index (χ2v) is 2.41. The van der Waals surface area contributed by atoms with Crippen LogP contribution in [0.2, 0.25) is 0 Å². The second-order valence-electron chi connectivity index (χ2n) is 2.41. The van der Waals surface area contributed by atoms with Crippen LogP contribution in [0.4, 0.5) is 4.39 Å². The summed E-state index contributed by atoms with van der Waals surface area (Å²) in [7, 11) is 0. The number of hydrogen-bond acceptors (Lipinski definition) is 2. The zero-order valence-electron chi connectivity index (χ0n) is 6.87. The van der Waals surface area contributed by atoms with E-state index in [0.717, 1.165) is 0 Å². The van der Waals surface area contributed by atoms with Gasteiger partial charge in [-0.2, -0.15) is 5.26 Å². The molecule has 0 heterocycles. The lowest BCUT2D eigenvalue weighted by Gasteiger charge is -1.97. The second kappa shape index (κ2) is 4.39. The summed E-state index contributed by atoms with van der Waals surface area (Å²) in [5.41, 5.74) is 0.327. The SMILES string of the molecule is N#Cc1cccc(C=CCO)c1F. The van der Waals surface area contributed by atoms with Gasteiger partial charge in [-0.1, -0.05) is 24.3 Å². The smallest absolute Gasteiger partial charge is 0.148 e. The minimum Gasteiger partial charge on any atom is -0.392 e. The summed E-state index contributed by atoms with van der Waals surface area (Å²) in [6.45, 7) is -0.143. The van der Waals surface area contributed by atoms with Crippen LogP contribution in [0.25, 0.3) is 6.08 Å². The average molecular weight is 177 g/mol. The van der Waals surface area contributed by atoms with Gasteiger partial charge < -0.3 is 5.11 Å². The van der Waals surface area contributed by atoms with E-state index in [1.807, 2.05) is 0 Å². The van der Waals surface area contributed by atoms with Crippen LogP contribution in [0.1, 0.15) is 11.1 Å². The fraction of sp³-hybridized carbons (Fsp3) is 0.100. The van der Waals surface area contributed by atoms with Crippen molar-refractivity contribution in [3.8, 4) is 6.07 Å². The quantitative estimate of drug-likeness (QED) is 0.747. The van der Waals surface area contributed by atoms with Gasteiger partial charge in [0.2, 0.25) is 0 Å². The number of rotatable bonds is 2. The molecule has 0 radical (unpaired) electrons. The highest BCUT2D eigenvalue weighted by Gasteiger charge is 2.03. The predicted octanol–water partition coefficient (Wildman–Crippen LogP) is 1.70. The fourth-order valence-corrected chi connectivity index (χ4v) is 0.945.